The van der Waals surface area contributed by atoms with Gasteiger partial charge in [0.15, 0.2) is 0 Å². The van der Waals surface area contributed by atoms with Crippen molar-refractivity contribution in [2.75, 3.05) is 6.61 Å². The van der Waals surface area contributed by atoms with E-state index >= 15 is 0 Å². The Hall–Kier alpha value is 0.339. The van der Waals surface area contributed by atoms with Gasteiger partial charge in [-0.3, -0.25) is 0 Å². The molecule has 2 heteroatoms. The molecule has 0 aliphatic rings. The van der Waals surface area contributed by atoms with Gasteiger partial charge < -0.3 is 32.1 Å². The van der Waals surface area contributed by atoms with Crippen LogP contribution in [0.4, 0.5) is 0 Å². The van der Waals surface area contributed by atoms with Gasteiger partial charge >= 0.3 is 23.9 Å². The summed E-state index contributed by atoms with van der Waals surface area (Å²) < 4.78 is 4.49. The second-order valence-electron chi connectivity index (χ2n) is 3.15. The summed E-state index contributed by atoms with van der Waals surface area (Å²) in [6, 6.07) is 0. The van der Waals surface area contributed by atoms with Gasteiger partial charge in [-0.1, -0.05) is 40.0 Å². The van der Waals surface area contributed by atoms with E-state index in [9.17, 15) is 0 Å². The average Bonchev–Trinajstić information content (AvgIpc) is 2.40. The summed E-state index contributed by atoms with van der Waals surface area (Å²) in [6.45, 7) is 24.5. The summed E-state index contributed by atoms with van der Waals surface area (Å²) in [4.78, 5) is 0. The maximum absolute atomic E-state index is 4.79. The van der Waals surface area contributed by atoms with Crippen molar-refractivity contribution < 1.29 is 4.74 Å². The summed E-state index contributed by atoms with van der Waals surface area (Å²) in [6.07, 6.45) is 8.01. The molecule has 0 spiro atoms. The third kappa shape index (κ3) is 135. The van der Waals surface area contributed by atoms with Gasteiger partial charge in [0.05, 0.1) is 6.61 Å². The van der Waals surface area contributed by atoms with E-state index in [1.54, 1.807) is 0 Å². The van der Waals surface area contributed by atoms with E-state index in [-0.39, 0.29) is 23.9 Å². The zero-order valence-corrected chi connectivity index (χ0v) is 16.0. The molecule has 0 fully saturated rings. The monoisotopic (exact) mass is 362 g/mol. The molecule has 0 amide bonds. The zero-order chi connectivity index (χ0) is 14.4. The van der Waals surface area contributed by atoms with E-state index < -0.39 is 0 Å². The summed E-state index contributed by atoms with van der Waals surface area (Å²) in [7, 11) is 0. The number of ether oxygens (including phenoxy) is 1. The van der Waals surface area contributed by atoms with Crippen molar-refractivity contribution in [2.24, 2.45) is 0 Å². The Morgan fingerprint density at radius 3 is 1.06 bits per heavy atom. The Morgan fingerprint density at radius 1 is 0.833 bits per heavy atom. The Labute approximate surface area is 135 Å². The largest absolute Gasteiger partial charge is 4.00 e. The summed E-state index contributed by atoms with van der Waals surface area (Å²) in [5, 5.41) is 0. The molecule has 0 heterocycles. The molecule has 0 saturated heterocycles. The predicted molar refractivity (Wildman–Crippen MR) is 87.0 cm³/mol. The zero-order valence-electron chi connectivity index (χ0n) is 13.1. The van der Waals surface area contributed by atoms with E-state index in [0.29, 0.717) is 6.61 Å². The van der Waals surface area contributed by atoms with Crippen molar-refractivity contribution in [1.82, 2.24) is 0 Å². The first-order valence-corrected chi connectivity index (χ1v) is 6.69. The molecule has 0 radical (unpaired) electrons. The smallest absolute Gasteiger partial charge is 0.538 e. The van der Waals surface area contributed by atoms with E-state index in [2.05, 4.69) is 46.3 Å². The normalized spacial score (nSPS) is 6.83. The fraction of sp³-hybridized carbons (Fsp3) is 0.688. The minimum absolute atomic E-state index is 0. The molecule has 0 aliphatic carbocycles. The van der Waals surface area contributed by atoms with Crippen LogP contribution in [0.3, 0.4) is 0 Å². The van der Waals surface area contributed by atoms with Crippen LogP contribution in [0.25, 0.3) is 0 Å². The maximum atomic E-state index is 4.79. The van der Waals surface area contributed by atoms with Gasteiger partial charge in [-0.2, -0.15) is 19.3 Å². The van der Waals surface area contributed by atoms with E-state index in [0.717, 1.165) is 19.3 Å². The van der Waals surface area contributed by atoms with Crippen molar-refractivity contribution in [3.63, 3.8) is 0 Å². The number of rotatable bonds is 5. The summed E-state index contributed by atoms with van der Waals surface area (Å²) >= 11 is 0. The Bertz CT molecular complexity index is 69.7. The third-order valence-electron chi connectivity index (χ3n) is 1.32. The first-order valence-electron chi connectivity index (χ1n) is 6.69. The second kappa shape index (κ2) is 53.1. The van der Waals surface area contributed by atoms with Gasteiger partial charge in [0.1, 0.15) is 0 Å². The van der Waals surface area contributed by atoms with Crippen LogP contribution in [0.5, 0.6) is 0 Å². The van der Waals surface area contributed by atoms with Crippen molar-refractivity contribution in [3.05, 3.63) is 33.6 Å². The van der Waals surface area contributed by atoms with E-state index in [1.807, 2.05) is 6.92 Å². The van der Waals surface area contributed by atoms with Crippen molar-refractivity contribution in [1.29, 1.82) is 0 Å². The fourth-order valence-electron chi connectivity index (χ4n) is 0.0962. The van der Waals surface area contributed by atoms with E-state index in [1.165, 1.54) is 25.5 Å². The standard InChI is InChI=1S/C4H7O.3C4H9.Sn/c1-3-5-4-2;3*1-3-4-2;/h1,3H,4H2,2H3;3*1,3-4H2,2H3;/q4*-1;+4. The van der Waals surface area contributed by atoms with Gasteiger partial charge in [0.2, 0.25) is 0 Å². The molecule has 0 unspecified atom stereocenters. The third-order valence-corrected chi connectivity index (χ3v) is 1.32. The molecule has 0 rings (SSSR count). The molecule has 0 aromatic rings. The molecule has 0 atom stereocenters. The van der Waals surface area contributed by atoms with Crippen LogP contribution in [0.1, 0.15) is 66.2 Å². The van der Waals surface area contributed by atoms with Crippen LogP contribution in [0.15, 0.2) is 6.26 Å². The quantitative estimate of drug-likeness (QED) is 0.359. The minimum Gasteiger partial charge on any atom is -0.538 e. The molecule has 0 saturated carbocycles. The molecular weight excluding hydrogens is 327 g/mol. The van der Waals surface area contributed by atoms with Gasteiger partial charge in [-0.15, -0.1) is 6.26 Å². The molecular formula is C16H34OSn. The minimum atomic E-state index is 0. The molecule has 1 nitrogen and oxygen atoms in total. The Kier molecular flexibility index (Phi) is 91.4. The Balaban J connectivity index is -0.0000000412. The second-order valence-corrected chi connectivity index (χ2v) is 3.15. The van der Waals surface area contributed by atoms with Gasteiger partial charge in [-0.25, -0.2) is 0 Å². The van der Waals surface area contributed by atoms with Crippen molar-refractivity contribution in [2.45, 2.75) is 66.2 Å². The van der Waals surface area contributed by atoms with Crippen molar-refractivity contribution >= 4 is 23.9 Å². The first kappa shape index (κ1) is 31.0. The van der Waals surface area contributed by atoms with Gasteiger partial charge in [0.25, 0.3) is 0 Å². The number of hydrogen-bond donors (Lipinski definition) is 0. The molecule has 0 aromatic carbocycles. The number of unbranched alkanes of at least 4 members (excludes halogenated alkanes) is 3. The number of hydrogen-bond acceptors (Lipinski definition) is 1. The van der Waals surface area contributed by atoms with E-state index in [4.69, 9.17) is 6.58 Å². The molecule has 18 heavy (non-hydrogen) atoms. The van der Waals surface area contributed by atoms with Gasteiger partial charge in [0, 0.05) is 0 Å². The van der Waals surface area contributed by atoms with Crippen LogP contribution >= 0.6 is 0 Å². The van der Waals surface area contributed by atoms with Crippen LogP contribution in [0, 0.1) is 27.4 Å². The topological polar surface area (TPSA) is 9.23 Å². The average molecular weight is 361 g/mol. The summed E-state index contributed by atoms with van der Waals surface area (Å²) in [5.41, 5.74) is 0. The summed E-state index contributed by atoms with van der Waals surface area (Å²) in [5.74, 6) is 0. The predicted octanol–water partition coefficient (Wildman–Crippen LogP) is 5.45. The molecule has 0 aliphatic heterocycles. The van der Waals surface area contributed by atoms with Crippen LogP contribution < -0.4 is 0 Å². The molecule has 108 valence electrons. The maximum Gasteiger partial charge on any atom is 4.00 e. The molecule has 0 aromatic heterocycles. The van der Waals surface area contributed by atoms with Gasteiger partial charge in [-0.05, 0) is 6.92 Å². The molecule has 0 bridgehead atoms. The Morgan fingerprint density at radius 2 is 1.06 bits per heavy atom. The first-order chi connectivity index (χ1) is 8.16. The SMILES string of the molecule is [CH-]=COCC.[CH2-]CCC.[CH2-]CCC.[CH2-]CCC.[Sn+4]. The van der Waals surface area contributed by atoms with Crippen LogP contribution in [-0.2, 0) is 4.74 Å². The van der Waals surface area contributed by atoms with Crippen LogP contribution in [-0.4, -0.2) is 30.5 Å². The van der Waals surface area contributed by atoms with Crippen molar-refractivity contribution in [3.8, 4) is 0 Å². The fourth-order valence-corrected chi connectivity index (χ4v) is 0.0962. The molecule has 0 N–H and O–H groups in total. The van der Waals surface area contributed by atoms with Crippen LogP contribution in [0.2, 0.25) is 0 Å².